The van der Waals surface area contributed by atoms with Crippen LogP contribution in [-0.2, 0) is 15.7 Å². The van der Waals surface area contributed by atoms with Crippen LogP contribution in [0.2, 0.25) is 0 Å². The van der Waals surface area contributed by atoms with Crippen LogP contribution < -0.4 is 4.74 Å². The smallest absolute Gasteiger partial charge is 0.416 e. The summed E-state index contributed by atoms with van der Waals surface area (Å²) >= 11 is 0. The average Bonchev–Trinajstić information content (AvgIpc) is 3.17. The number of benzene rings is 1. The van der Waals surface area contributed by atoms with Crippen LogP contribution in [0.3, 0.4) is 0 Å². The van der Waals surface area contributed by atoms with Gasteiger partial charge in [0.2, 0.25) is 0 Å². The second-order valence-corrected chi connectivity index (χ2v) is 10.3. The highest BCUT2D eigenvalue weighted by molar-refractivity contribution is 5.69. The lowest BCUT2D eigenvalue weighted by Crippen LogP contribution is -2.32. The number of hydrogen-bond donors (Lipinski definition) is 5. The summed E-state index contributed by atoms with van der Waals surface area (Å²) in [5.74, 6) is -1.19. The number of rotatable bonds is 15. The zero-order valence-electron chi connectivity index (χ0n) is 22.0. The molecular formula is C28H39F3O8. The van der Waals surface area contributed by atoms with E-state index in [1.165, 1.54) is 18.2 Å². The van der Waals surface area contributed by atoms with Crippen molar-refractivity contribution in [2.45, 2.75) is 63.5 Å². The van der Waals surface area contributed by atoms with Crippen molar-refractivity contribution in [1.29, 1.82) is 0 Å². The summed E-state index contributed by atoms with van der Waals surface area (Å²) < 4.78 is 48.9. The summed E-state index contributed by atoms with van der Waals surface area (Å²) in [5, 5.41) is 49.4. The van der Waals surface area contributed by atoms with E-state index in [-0.39, 0.29) is 50.9 Å². The Morgan fingerprint density at radius 3 is 2.54 bits per heavy atom. The van der Waals surface area contributed by atoms with Crippen molar-refractivity contribution < 1.29 is 53.0 Å². The van der Waals surface area contributed by atoms with Crippen molar-refractivity contribution in [3.05, 3.63) is 54.1 Å². The molecular weight excluding hydrogens is 521 g/mol. The lowest BCUT2D eigenvalue weighted by Gasteiger charge is -2.23. The fourth-order valence-corrected chi connectivity index (χ4v) is 4.17. The molecule has 2 rings (SSSR count). The summed E-state index contributed by atoms with van der Waals surface area (Å²) in [6.45, 7) is 0.649. The highest BCUT2D eigenvalue weighted by atomic mass is 19.4. The number of aliphatic hydroxyl groups excluding tert-OH is 5. The van der Waals surface area contributed by atoms with Gasteiger partial charge in [0.05, 0.1) is 31.0 Å². The molecule has 220 valence electrons. The molecule has 1 aromatic carbocycles. The van der Waals surface area contributed by atoms with Crippen LogP contribution in [-0.4, -0.2) is 76.2 Å². The number of alkyl halides is 3. The minimum Gasteiger partial charge on any atom is -0.491 e. The van der Waals surface area contributed by atoms with Crippen LogP contribution in [0.4, 0.5) is 13.2 Å². The van der Waals surface area contributed by atoms with Crippen LogP contribution in [0.5, 0.6) is 5.75 Å². The van der Waals surface area contributed by atoms with Gasteiger partial charge in [-0.15, -0.1) is 0 Å². The minimum absolute atomic E-state index is 0.0290. The number of carbonyl (C=O) groups is 1. The summed E-state index contributed by atoms with van der Waals surface area (Å²) in [7, 11) is 0. The first-order chi connectivity index (χ1) is 18.4. The molecule has 1 fully saturated rings. The van der Waals surface area contributed by atoms with E-state index >= 15 is 0 Å². The standard InChI is InChI=1S/C28H39F3O8/c1-27(16-32,17-33)18-39-26(37)10-5-3-2-4-9-22-23(25(36)14-24(22)35)12-11-20(34)15-38-21-8-6-7-19(13-21)28(29,30)31/h2,4,6-8,11-13,20,22-25,32-36H,3,5,9-10,14-18H2,1H3/t20?,22-,23-,24+,25-/m1/s1. The fraction of sp³-hybridized carbons (Fsp3) is 0.607. The maximum absolute atomic E-state index is 12.8. The molecule has 8 nitrogen and oxygen atoms in total. The molecule has 11 heteroatoms. The molecule has 0 heterocycles. The molecule has 39 heavy (non-hydrogen) atoms. The van der Waals surface area contributed by atoms with E-state index in [4.69, 9.17) is 9.47 Å². The second-order valence-electron chi connectivity index (χ2n) is 10.3. The molecule has 1 unspecified atom stereocenters. The van der Waals surface area contributed by atoms with Gasteiger partial charge in [-0.25, -0.2) is 0 Å². The summed E-state index contributed by atoms with van der Waals surface area (Å²) in [5.41, 5.74) is -1.73. The fourth-order valence-electron chi connectivity index (χ4n) is 4.17. The van der Waals surface area contributed by atoms with E-state index in [0.717, 1.165) is 12.1 Å². The van der Waals surface area contributed by atoms with Gasteiger partial charge in [0.25, 0.3) is 0 Å². The van der Waals surface area contributed by atoms with E-state index < -0.39 is 47.4 Å². The Morgan fingerprint density at radius 1 is 1.15 bits per heavy atom. The zero-order valence-corrected chi connectivity index (χ0v) is 22.0. The van der Waals surface area contributed by atoms with Crippen LogP contribution >= 0.6 is 0 Å². The lowest BCUT2D eigenvalue weighted by molar-refractivity contribution is -0.149. The molecule has 1 aromatic rings. The van der Waals surface area contributed by atoms with Gasteiger partial charge in [-0.1, -0.05) is 37.3 Å². The number of ether oxygens (including phenoxy) is 2. The van der Waals surface area contributed by atoms with Gasteiger partial charge in [0.1, 0.15) is 25.1 Å². The molecule has 1 saturated carbocycles. The normalized spacial score (nSPS) is 23.0. The van der Waals surface area contributed by atoms with Gasteiger partial charge in [0.15, 0.2) is 0 Å². The Labute approximate surface area is 226 Å². The zero-order chi connectivity index (χ0) is 29.1. The second kappa shape index (κ2) is 15.4. The quantitative estimate of drug-likeness (QED) is 0.126. The van der Waals surface area contributed by atoms with E-state index in [1.807, 2.05) is 12.2 Å². The Morgan fingerprint density at radius 2 is 1.87 bits per heavy atom. The monoisotopic (exact) mass is 560 g/mol. The average molecular weight is 561 g/mol. The van der Waals surface area contributed by atoms with Crippen molar-refractivity contribution in [1.82, 2.24) is 0 Å². The lowest BCUT2D eigenvalue weighted by atomic mass is 9.89. The van der Waals surface area contributed by atoms with Gasteiger partial charge >= 0.3 is 12.1 Å². The first-order valence-electron chi connectivity index (χ1n) is 12.9. The number of carbonyl (C=O) groups excluding carboxylic acids is 1. The minimum atomic E-state index is -4.50. The van der Waals surface area contributed by atoms with Gasteiger partial charge in [0, 0.05) is 24.2 Å². The van der Waals surface area contributed by atoms with Crippen molar-refractivity contribution in [3.63, 3.8) is 0 Å². The predicted octanol–water partition coefficient (Wildman–Crippen LogP) is 3.01. The third-order valence-corrected chi connectivity index (χ3v) is 6.73. The number of esters is 1. The number of unbranched alkanes of at least 4 members (excludes halogenated alkanes) is 1. The topological polar surface area (TPSA) is 137 Å². The molecule has 0 aromatic heterocycles. The Bertz CT molecular complexity index is 945. The maximum atomic E-state index is 12.8. The van der Waals surface area contributed by atoms with Crippen LogP contribution in [0.1, 0.15) is 44.6 Å². The molecule has 1 aliphatic carbocycles. The molecule has 0 spiro atoms. The molecule has 1 aliphatic rings. The Hall–Kier alpha value is -2.44. The van der Waals surface area contributed by atoms with E-state index in [0.29, 0.717) is 19.3 Å². The van der Waals surface area contributed by atoms with Crippen LogP contribution in [0, 0.1) is 17.3 Å². The highest BCUT2D eigenvalue weighted by Gasteiger charge is 2.39. The van der Waals surface area contributed by atoms with Gasteiger partial charge in [-0.3, -0.25) is 4.79 Å². The maximum Gasteiger partial charge on any atom is 0.416 e. The molecule has 0 radical (unpaired) electrons. The third-order valence-electron chi connectivity index (χ3n) is 6.73. The Balaban J connectivity index is 1.78. The van der Waals surface area contributed by atoms with Gasteiger partial charge in [-0.05, 0) is 43.4 Å². The first kappa shape index (κ1) is 32.8. The molecule has 5 N–H and O–H groups in total. The number of aliphatic hydroxyl groups is 5. The highest BCUT2D eigenvalue weighted by Crippen LogP contribution is 2.36. The van der Waals surface area contributed by atoms with Gasteiger partial charge < -0.3 is 35.0 Å². The molecule has 0 amide bonds. The largest absolute Gasteiger partial charge is 0.491 e. The summed E-state index contributed by atoms with van der Waals surface area (Å²) in [6, 6.07) is 4.35. The first-order valence-corrected chi connectivity index (χ1v) is 12.9. The Kier molecular flexibility index (Phi) is 12.9. The number of hydrogen-bond acceptors (Lipinski definition) is 8. The van der Waals surface area contributed by atoms with Crippen molar-refractivity contribution >= 4 is 5.97 Å². The third kappa shape index (κ3) is 10.9. The number of allylic oxidation sites excluding steroid dienone is 2. The molecule has 0 aliphatic heterocycles. The van der Waals surface area contributed by atoms with Gasteiger partial charge in [-0.2, -0.15) is 13.2 Å². The van der Waals surface area contributed by atoms with Crippen molar-refractivity contribution in [3.8, 4) is 5.75 Å². The van der Waals surface area contributed by atoms with E-state index in [9.17, 15) is 43.5 Å². The summed E-state index contributed by atoms with van der Waals surface area (Å²) in [6.07, 6.45) is 1.46. The predicted molar refractivity (Wildman–Crippen MR) is 137 cm³/mol. The van der Waals surface area contributed by atoms with Crippen LogP contribution in [0.25, 0.3) is 0 Å². The molecule has 0 bridgehead atoms. The number of halogens is 3. The van der Waals surface area contributed by atoms with Crippen molar-refractivity contribution in [2.75, 3.05) is 26.4 Å². The van der Waals surface area contributed by atoms with Crippen LogP contribution in [0.15, 0.2) is 48.6 Å². The molecule has 5 atom stereocenters. The van der Waals surface area contributed by atoms with E-state index in [2.05, 4.69) is 0 Å². The van der Waals surface area contributed by atoms with E-state index in [1.54, 1.807) is 13.0 Å². The summed E-state index contributed by atoms with van der Waals surface area (Å²) in [4.78, 5) is 11.8. The van der Waals surface area contributed by atoms with Crippen molar-refractivity contribution in [2.24, 2.45) is 17.3 Å². The SMILES string of the molecule is CC(CO)(CO)COC(=O)CCCC=CC[C@@H]1[C@@H](C=CC(O)COc2cccc(C(F)(F)F)c2)[C@H](O)C[C@@H]1O. The molecule has 0 saturated heterocycles.